The van der Waals surface area contributed by atoms with Gasteiger partial charge in [0.05, 0.1) is 0 Å². The standard InChI is InChI=1S/C12H14S2/c1-3-13-7-10-8-14-12-9(2)5-4-6-11(10)12/h4-6,8H,3,7H2,1-2H3. The van der Waals surface area contributed by atoms with Gasteiger partial charge in [-0.05, 0) is 34.6 Å². The van der Waals surface area contributed by atoms with E-state index in [9.17, 15) is 0 Å². The quantitative estimate of drug-likeness (QED) is 0.738. The highest BCUT2D eigenvalue weighted by Gasteiger charge is 2.04. The van der Waals surface area contributed by atoms with Crippen LogP contribution in [-0.4, -0.2) is 5.75 Å². The summed E-state index contributed by atoms with van der Waals surface area (Å²) in [7, 11) is 0. The van der Waals surface area contributed by atoms with Crippen LogP contribution in [0.3, 0.4) is 0 Å². The zero-order chi connectivity index (χ0) is 9.97. The molecule has 0 amide bonds. The van der Waals surface area contributed by atoms with Gasteiger partial charge in [0.2, 0.25) is 0 Å². The summed E-state index contributed by atoms with van der Waals surface area (Å²) in [4.78, 5) is 0. The first-order valence-corrected chi connectivity index (χ1v) is 6.89. The van der Waals surface area contributed by atoms with Crippen molar-refractivity contribution in [3.05, 3.63) is 34.7 Å². The van der Waals surface area contributed by atoms with Crippen LogP contribution in [0, 0.1) is 6.92 Å². The van der Waals surface area contributed by atoms with E-state index >= 15 is 0 Å². The molecular formula is C12H14S2. The molecule has 0 aliphatic carbocycles. The molecule has 1 heterocycles. The summed E-state index contributed by atoms with van der Waals surface area (Å²) < 4.78 is 1.46. The van der Waals surface area contributed by atoms with Gasteiger partial charge in [0.1, 0.15) is 0 Å². The molecule has 2 rings (SSSR count). The van der Waals surface area contributed by atoms with Crippen molar-refractivity contribution < 1.29 is 0 Å². The molecule has 0 aliphatic heterocycles. The molecule has 1 aromatic carbocycles. The number of aryl methyl sites for hydroxylation is 1. The molecule has 74 valence electrons. The van der Waals surface area contributed by atoms with Gasteiger partial charge in [0.25, 0.3) is 0 Å². The summed E-state index contributed by atoms with van der Waals surface area (Å²) in [6, 6.07) is 6.59. The maximum absolute atomic E-state index is 2.31. The number of benzene rings is 1. The van der Waals surface area contributed by atoms with Gasteiger partial charge in [-0.15, -0.1) is 11.3 Å². The molecule has 0 N–H and O–H groups in total. The second-order valence-electron chi connectivity index (χ2n) is 3.35. The van der Waals surface area contributed by atoms with Gasteiger partial charge in [0, 0.05) is 10.5 Å². The largest absolute Gasteiger partial charge is 0.157 e. The van der Waals surface area contributed by atoms with Gasteiger partial charge in [-0.3, -0.25) is 0 Å². The van der Waals surface area contributed by atoms with Gasteiger partial charge in [-0.25, -0.2) is 0 Å². The topological polar surface area (TPSA) is 0 Å². The number of fused-ring (bicyclic) bond motifs is 1. The summed E-state index contributed by atoms with van der Waals surface area (Å²) >= 11 is 3.87. The Morgan fingerprint density at radius 2 is 2.21 bits per heavy atom. The van der Waals surface area contributed by atoms with Crippen LogP contribution in [0.1, 0.15) is 18.1 Å². The first-order chi connectivity index (χ1) is 6.83. The Kier molecular flexibility index (Phi) is 3.14. The van der Waals surface area contributed by atoms with Gasteiger partial charge in [-0.1, -0.05) is 25.1 Å². The molecule has 0 unspecified atom stereocenters. The minimum absolute atomic E-state index is 1.15. The summed E-state index contributed by atoms with van der Waals surface area (Å²) in [5, 5.41) is 3.76. The van der Waals surface area contributed by atoms with Crippen molar-refractivity contribution in [2.45, 2.75) is 19.6 Å². The monoisotopic (exact) mass is 222 g/mol. The van der Waals surface area contributed by atoms with Crippen molar-refractivity contribution in [2.24, 2.45) is 0 Å². The highest BCUT2D eigenvalue weighted by molar-refractivity contribution is 7.98. The number of thiophene rings is 1. The third kappa shape index (κ3) is 1.82. The Morgan fingerprint density at radius 3 is 3.00 bits per heavy atom. The fourth-order valence-electron chi connectivity index (χ4n) is 1.58. The Bertz CT molecular complexity index is 429. The molecule has 14 heavy (non-hydrogen) atoms. The summed E-state index contributed by atoms with van der Waals surface area (Å²) in [5.41, 5.74) is 2.90. The van der Waals surface area contributed by atoms with Crippen LogP contribution in [0.25, 0.3) is 10.1 Å². The second kappa shape index (κ2) is 4.37. The molecule has 0 bridgehead atoms. The number of hydrogen-bond acceptors (Lipinski definition) is 2. The minimum atomic E-state index is 1.15. The van der Waals surface area contributed by atoms with Gasteiger partial charge < -0.3 is 0 Å². The van der Waals surface area contributed by atoms with Crippen LogP contribution in [0.2, 0.25) is 0 Å². The molecule has 2 aromatic rings. The molecule has 0 saturated heterocycles. The smallest absolute Gasteiger partial charge is 0.0375 e. The van der Waals surface area contributed by atoms with Crippen LogP contribution in [0.4, 0.5) is 0 Å². The fourth-order valence-corrected chi connectivity index (χ4v) is 3.40. The molecule has 0 nitrogen and oxygen atoms in total. The fraction of sp³-hybridized carbons (Fsp3) is 0.333. The predicted molar refractivity (Wildman–Crippen MR) is 68.4 cm³/mol. The van der Waals surface area contributed by atoms with E-state index in [1.165, 1.54) is 27.0 Å². The minimum Gasteiger partial charge on any atom is -0.157 e. The zero-order valence-corrected chi connectivity index (χ0v) is 10.2. The lowest BCUT2D eigenvalue weighted by Crippen LogP contribution is -1.78. The molecule has 0 atom stereocenters. The maximum atomic E-state index is 2.31. The molecule has 0 spiro atoms. The van der Waals surface area contributed by atoms with E-state index in [0.717, 1.165) is 5.75 Å². The number of hydrogen-bond donors (Lipinski definition) is 0. The van der Waals surface area contributed by atoms with E-state index < -0.39 is 0 Å². The van der Waals surface area contributed by atoms with Crippen LogP contribution >= 0.6 is 23.1 Å². The Morgan fingerprint density at radius 1 is 1.36 bits per heavy atom. The third-order valence-electron chi connectivity index (χ3n) is 2.34. The van der Waals surface area contributed by atoms with Crippen LogP contribution < -0.4 is 0 Å². The molecule has 1 aromatic heterocycles. The SMILES string of the molecule is CCSCc1csc2c(C)cccc12. The van der Waals surface area contributed by atoms with E-state index in [0.29, 0.717) is 0 Å². The number of rotatable bonds is 3. The molecule has 0 fully saturated rings. The molecule has 0 radical (unpaired) electrons. The molecule has 0 aliphatic rings. The predicted octanol–water partition coefficient (Wildman–Crippen LogP) is 4.46. The van der Waals surface area contributed by atoms with Crippen molar-refractivity contribution in [2.75, 3.05) is 5.75 Å². The number of thioether (sulfide) groups is 1. The van der Waals surface area contributed by atoms with Crippen LogP contribution in [-0.2, 0) is 5.75 Å². The van der Waals surface area contributed by atoms with Crippen LogP contribution in [0.15, 0.2) is 23.6 Å². The Labute approximate surface area is 93.3 Å². The third-order valence-corrected chi connectivity index (χ3v) is 4.44. The summed E-state index contributed by atoms with van der Waals surface area (Å²) in [5.74, 6) is 2.35. The summed E-state index contributed by atoms with van der Waals surface area (Å²) in [6.07, 6.45) is 0. The average molecular weight is 222 g/mol. The van der Waals surface area contributed by atoms with Crippen molar-refractivity contribution in [3.8, 4) is 0 Å². The molecular weight excluding hydrogens is 208 g/mol. The van der Waals surface area contributed by atoms with Crippen molar-refractivity contribution >= 4 is 33.2 Å². The molecule has 0 saturated carbocycles. The van der Waals surface area contributed by atoms with Crippen molar-refractivity contribution in [1.29, 1.82) is 0 Å². The van der Waals surface area contributed by atoms with E-state index in [4.69, 9.17) is 0 Å². The lowest BCUT2D eigenvalue weighted by atomic mass is 10.1. The van der Waals surface area contributed by atoms with Crippen molar-refractivity contribution in [3.63, 3.8) is 0 Å². The highest BCUT2D eigenvalue weighted by atomic mass is 32.2. The average Bonchev–Trinajstić information content (AvgIpc) is 2.60. The first kappa shape index (κ1) is 10.1. The first-order valence-electron chi connectivity index (χ1n) is 4.86. The highest BCUT2D eigenvalue weighted by Crippen LogP contribution is 2.30. The van der Waals surface area contributed by atoms with Gasteiger partial charge in [0.15, 0.2) is 0 Å². The Hall–Kier alpha value is -0.470. The van der Waals surface area contributed by atoms with E-state index in [2.05, 4.69) is 37.4 Å². The van der Waals surface area contributed by atoms with Crippen molar-refractivity contribution in [1.82, 2.24) is 0 Å². The van der Waals surface area contributed by atoms with E-state index in [1.54, 1.807) is 0 Å². The lowest BCUT2D eigenvalue weighted by molar-refractivity contribution is 1.45. The van der Waals surface area contributed by atoms with E-state index in [1.807, 2.05) is 23.1 Å². The zero-order valence-electron chi connectivity index (χ0n) is 8.54. The van der Waals surface area contributed by atoms with Crippen LogP contribution in [0.5, 0.6) is 0 Å². The normalized spacial score (nSPS) is 11.0. The maximum Gasteiger partial charge on any atom is 0.0375 e. The lowest BCUT2D eigenvalue weighted by Gasteiger charge is -1.98. The molecule has 2 heteroatoms. The van der Waals surface area contributed by atoms with Gasteiger partial charge >= 0.3 is 0 Å². The Balaban J connectivity index is 2.42. The summed E-state index contributed by atoms with van der Waals surface area (Å²) in [6.45, 7) is 4.40. The second-order valence-corrected chi connectivity index (χ2v) is 5.50. The van der Waals surface area contributed by atoms with E-state index in [-0.39, 0.29) is 0 Å². The van der Waals surface area contributed by atoms with Gasteiger partial charge in [-0.2, -0.15) is 11.8 Å².